The molecule has 0 radical (unpaired) electrons. The first-order valence-electron chi connectivity index (χ1n) is 7.36. The average Bonchev–Trinajstić information content (AvgIpc) is 2.98. The summed E-state index contributed by atoms with van der Waals surface area (Å²) in [5.74, 6) is 0.560. The Labute approximate surface area is 129 Å². The van der Waals surface area contributed by atoms with Gasteiger partial charge in [0.25, 0.3) is 5.91 Å². The molecule has 3 rings (SSSR count). The molecule has 0 aliphatic carbocycles. The topological polar surface area (TPSA) is 58.6 Å². The Morgan fingerprint density at radius 1 is 1.23 bits per heavy atom. The first-order valence-corrected chi connectivity index (χ1v) is 7.36. The van der Waals surface area contributed by atoms with E-state index in [0.29, 0.717) is 6.42 Å². The Morgan fingerprint density at radius 2 is 1.91 bits per heavy atom. The Balaban J connectivity index is 1.60. The van der Waals surface area contributed by atoms with Gasteiger partial charge in [-0.25, -0.2) is 0 Å². The van der Waals surface area contributed by atoms with Crippen LogP contribution >= 0.6 is 0 Å². The van der Waals surface area contributed by atoms with Crippen molar-refractivity contribution < 1.29 is 14.6 Å². The van der Waals surface area contributed by atoms with Gasteiger partial charge in [-0.3, -0.25) is 4.79 Å². The molecule has 1 amide bonds. The van der Waals surface area contributed by atoms with Crippen LogP contribution in [0.1, 0.15) is 18.1 Å². The maximum absolute atomic E-state index is 12.2. The van der Waals surface area contributed by atoms with Gasteiger partial charge in [-0.1, -0.05) is 48.5 Å². The van der Waals surface area contributed by atoms with Crippen molar-refractivity contribution in [3.05, 3.63) is 65.7 Å². The largest absolute Gasteiger partial charge is 0.480 e. The minimum Gasteiger partial charge on any atom is -0.480 e. The molecule has 22 heavy (non-hydrogen) atoms. The van der Waals surface area contributed by atoms with Gasteiger partial charge < -0.3 is 15.2 Å². The molecule has 4 heteroatoms. The molecule has 2 aromatic carbocycles. The normalized spacial score (nSPS) is 18.9. The minimum absolute atomic E-state index is 0.145. The molecular formula is C18H19NO3. The van der Waals surface area contributed by atoms with Crippen molar-refractivity contribution in [2.75, 3.05) is 6.54 Å². The van der Waals surface area contributed by atoms with Crippen LogP contribution in [-0.4, -0.2) is 23.7 Å². The average molecular weight is 297 g/mol. The highest BCUT2D eigenvalue weighted by Crippen LogP contribution is 2.28. The SMILES string of the molecule is CC(O)(CNC(=O)C1Cc2ccccc2O1)c1ccccc1. The van der Waals surface area contributed by atoms with Crippen LogP contribution in [0.25, 0.3) is 0 Å². The lowest BCUT2D eigenvalue weighted by Gasteiger charge is -2.25. The lowest BCUT2D eigenvalue weighted by molar-refractivity contribution is -0.128. The zero-order valence-corrected chi connectivity index (χ0v) is 12.5. The fraction of sp³-hybridized carbons (Fsp3) is 0.278. The number of carbonyl (C=O) groups is 1. The number of nitrogens with one attached hydrogen (secondary N) is 1. The predicted octanol–water partition coefficient (Wildman–Crippen LogP) is 2.01. The number of hydrogen-bond acceptors (Lipinski definition) is 3. The maximum Gasteiger partial charge on any atom is 0.261 e. The lowest BCUT2D eigenvalue weighted by atomic mass is 9.96. The summed E-state index contributed by atoms with van der Waals surface area (Å²) in [5, 5.41) is 13.3. The smallest absolute Gasteiger partial charge is 0.261 e. The highest BCUT2D eigenvalue weighted by atomic mass is 16.5. The van der Waals surface area contributed by atoms with Crippen LogP contribution < -0.4 is 10.1 Å². The summed E-state index contributed by atoms with van der Waals surface area (Å²) in [7, 11) is 0. The highest BCUT2D eigenvalue weighted by molar-refractivity contribution is 5.82. The molecule has 0 saturated carbocycles. The summed E-state index contributed by atoms with van der Waals surface area (Å²) in [5.41, 5.74) is 0.700. The van der Waals surface area contributed by atoms with Gasteiger partial charge in [0.1, 0.15) is 11.4 Å². The van der Waals surface area contributed by atoms with Crippen molar-refractivity contribution in [2.24, 2.45) is 0 Å². The Morgan fingerprint density at radius 3 is 2.64 bits per heavy atom. The molecule has 0 bridgehead atoms. The zero-order chi connectivity index (χ0) is 15.6. The van der Waals surface area contributed by atoms with Gasteiger partial charge in [0.15, 0.2) is 6.10 Å². The number of fused-ring (bicyclic) bond motifs is 1. The molecule has 1 heterocycles. The summed E-state index contributed by atoms with van der Waals surface area (Å²) in [6.07, 6.45) is 0.0409. The lowest BCUT2D eigenvalue weighted by Crippen LogP contribution is -2.44. The molecule has 114 valence electrons. The number of amides is 1. The summed E-state index contributed by atoms with van der Waals surface area (Å²) in [6.45, 7) is 1.83. The number of aliphatic hydroxyl groups is 1. The van der Waals surface area contributed by atoms with Gasteiger partial charge in [0.05, 0.1) is 6.54 Å². The number of ether oxygens (including phenoxy) is 1. The standard InChI is InChI=1S/C18H19NO3/c1-18(21,14-8-3-2-4-9-14)12-19-17(20)16-11-13-7-5-6-10-15(13)22-16/h2-10,16,21H,11-12H2,1H3,(H,19,20). The van der Waals surface area contributed by atoms with Gasteiger partial charge in [-0.15, -0.1) is 0 Å². The molecule has 0 fully saturated rings. The van der Waals surface area contributed by atoms with Crippen molar-refractivity contribution in [1.82, 2.24) is 5.32 Å². The van der Waals surface area contributed by atoms with E-state index in [9.17, 15) is 9.90 Å². The van der Waals surface area contributed by atoms with E-state index in [4.69, 9.17) is 4.74 Å². The van der Waals surface area contributed by atoms with E-state index >= 15 is 0 Å². The van der Waals surface area contributed by atoms with E-state index in [1.165, 1.54) is 0 Å². The predicted molar refractivity (Wildman–Crippen MR) is 83.6 cm³/mol. The first-order chi connectivity index (χ1) is 10.6. The third kappa shape index (κ3) is 2.97. The fourth-order valence-corrected chi connectivity index (χ4v) is 2.60. The van der Waals surface area contributed by atoms with E-state index in [1.54, 1.807) is 6.92 Å². The summed E-state index contributed by atoms with van der Waals surface area (Å²) < 4.78 is 5.65. The second-order valence-corrected chi connectivity index (χ2v) is 5.78. The molecule has 1 aliphatic heterocycles. The van der Waals surface area contributed by atoms with Crippen molar-refractivity contribution in [1.29, 1.82) is 0 Å². The van der Waals surface area contributed by atoms with E-state index < -0.39 is 11.7 Å². The molecule has 0 aromatic heterocycles. The third-order valence-corrected chi connectivity index (χ3v) is 3.94. The van der Waals surface area contributed by atoms with Crippen LogP contribution in [-0.2, 0) is 16.8 Å². The number of para-hydroxylation sites is 1. The second-order valence-electron chi connectivity index (χ2n) is 5.78. The maximum atomic E-state index is 12.2. The van der Waals surface area contributed by atoms with E-state index in [2.05, 4.69) is 5.32 Å². The monoisotopic (exact) mass is 297 g/mol. The quantitative estimate of drug-likeness (QED) is 0.907. The minimum atomic E-state index is -1.11. The molecule has 2 N–H and O–H groups in total. The fourth-order valence-electron chi connectivity index (χ4n) is 2.60. The summed E-state index contributed by atoms with van der Waals surface area (Å²) in [4.78, 5) is 12.2. The van der Waals surface area contributed by atoms with Crippen LogP contribution in [0.3, 0.4) is 0 Å². The molecule has 4 nitrogen and oxygen atoms in total. The summed E-state index contributed by atoms with van der Waals surface area (Å²) >= 11 is 0. The van der Waals surface area contributed by atoms with Gasteiger partial charge in [0.2, 0.25) is 0 Å². The van der Waals surface area contributed by atoms with Crippen LogP contribution in [0, 0.1) is 0 Å². The molecule has 0 saturated heterocycles. The Kier molecular flexibility index (Phi) is 3.86. The third-order valence-electron chi connectivity index (χ3n) is 3.94. The van der Waals surface area contributed by atoms with Gasteiger partial charge in [-0.2, -0.15) is 0 Å². The number of rotatable bonds is 4. The molecule has 1 aliphatic rings. The van der Waals surface area contributed by atoms with Gasteiger partial charge in [-0.05, 0) is 24.1 Å². The van der Waals surface area contributed by atoms with Crippen molar-refractivity contribution in [2.45, 2.75) is 25.0 Å². The van der Waals surface area contributed by atoms with E-state index in [1.807, 2.05) is 54.6 Å². The molecule has 2 unspecified atom stereocenters. The number of benzene rings is 2. The first kappa shape index (κ1) is 14.6. The molecule has 2 atom stereocenters. The Bertz CT molecular complexity index is 642. The van der Waals surface area contributed by atoms with Crippen LogP contribution in [0.15, 0.2) is 54.6 Å². The Hall–Kier alpha value is -2.33. The zero-order valence-electron chi connectivity index (χ0n) is 12.5. The van der Waals surface area contributed by atoms with Crippen molar-refractivity contribution in [3.63, 3.8) is 0 Å². The van der Waals surface area contributed by atoms with E-state index in [0.717, 1.165) is 16.9 Å². The molecule has 0 spiro atoms. The van der Waals surface area contributed by atoms with Gasteiger partial charge in [0, 0.05) is 6.42 Å². The number of carbonyl (C=O) groups excluding carboxylic acids is 1. The van der Waals surface area contributed by atoms with Crippen LogP contribution in [0.5, 0.6) is 5.75 Å². The van der Waals surface area contributed by atoms with Crippen LogP contribution in [0.2, 0.25) is 0 Å². The highest BCUT2D eigenvalue weighted by Gasteiger charge is 2.31. The number of hydrogen-bond donors (Lipinski definition) is 2. The van der Waals surface area contributed by atoms with E-state index in [-0.39, 0.29) is 12.5 Å². The summed E-state index contributed by atoms with van der Waals surface area (Å²) in [6, 6.07) is 16.9. The van der Waals surface area contributed by atoms with Crippen molar-refractivity contribution >= 4 is 5.91 Å². The van der Waals surface area contributed by atoms with Crippen LogP contribution in [0.4, 0.5) is 0 Å². The van der Waals surface area contributed by atoms with Crippen molar-refractivity contribution in [3.8, 4) is 5.75 Å². The molecule has 2 aromatic rings. The van der Waals surface area contributed by atoms with Gasteiger partial charge >= 0.3 is 0 Å². The molecular weight excluding hydrogens is 278 g/mol. The second kappa shape index (κ2) is 5.81.